The Balaban J connectivity index is 3.73. The van der Waals surface area contributed by atoms with Gasteiger partial charge in [0.05, 0.1) is 6.61 Å². The maximum atomic E-state index is 11.6. The van der Waals surface area contributed by atoms with E-state index < -0.39 is 6.29 Å². The minimum atomic E-state index is -1.35. The van der Waals surface area contributed by atoms with Crippen LogP contribution in [0.1, 0.15) is 51.9 Å². The number of hydrogen-bond donors (Lipinski definition) is 0. The maximum absolute atomic E-state index is 11.6. The summed E-state index contributed by atoms with van der Waals surface area (Å²) in [7, 11) is 0. The van der Waals surface area contributed by atoms with Gasteiger partial charge in [-0.2, -0.15) is 5.11 Å². The highest BCUT2D eigenvalue weighted by atomic mass is 16.6. The van der Waals surface area contributed by atoms with Gasteiger partial charge in [-0.1, -0.05) is 6.92 Å². The van der Waals surface area contributed by atoms with Gasteiger partial charge in [0.1, 0.15) is 6.10 Å². The summed E-state index contributed by atoms with van der Waals surface area (Å²) in [4.78, 5) is 31.5. The molecule has 1 radical (unpaired) electrons. The van der Waals surface area contributed by atoms with E-state index in [0.29, 0.717) is 45.2 Å². The van der Waals surface area contributed by atoms with E-state index in [-0.39, 0.29) is 31.4 Å². The molecule has 0 aromatic carbocycles. The lowest BCUT2D eigenvalue weighted by Crippen LogP contribution is -2.18. The van der Waals surface area contributed by atoms with Crippen LogP contribution in [0.15, 0.2) is 0 Å². The monoisotopic (exact) mass is 303 g/mol. The first kappa shape index (κ1) is 19.4. The molecule has 0 saturated heterocycles. The molecule has 0 aliphatic heterocycles. The number of unbranched alkanes of at least 4 members (excludes halogenated alkanes) is 1. The molecule has 0 spiro atoms. The fraction of sp³-hybridized carbons (Fsp3) is 0.786. The van der Waals surface area contributed by atoms with Crippen LogP contribution in [0, 0.1) is 0 Å². The molecule has 0 rings (SSSR count). The SMILES string of the molecule is CCC(CCCC([O])OC=O)OC(=O)CCCCOC=O. The molecule has 7 heteroatoms. The van der Waals surface area contributed by atoms with Crippen LogP contribution in [0.3, 0.4) is 0 Å². The number of carbonyl (C=O) groups is 3. The fourth-order valence-corrected chi connectivity index (χ4v) is 1.74. The van der Waals surface area contributed by atoms with Crippen molar-refractivity contribution in [3.8, 4) is 0 Å². The summed E-state index contributed by atoms with van der Waals surface area (Å²) in [5.41, 5.74) is 0. The first-order valence-corrected chi connectivity index (χ1v) is 7.13. The highest BCUT2D eigenvalue weighted by molar-refractivity contribution is 5.69. The zero-order valence-electron chi connectivity index (χ0n) is 12.3. The number of carbonyl (C=O) groups excluding carboxylic acids is 3. The second-order valence-electron chi connectivity index (χ2n) is 4.54. The van der Waals surface area contributed by atoms with Crippen LogP contribution in [0.25, 0.3) is 0 Å². The van der Waals surface area contributed by atoms with Crippen LogP contribution in [0.2, 0.25) is 0 Å². The molecule has 0 saturated carbocycles. The molecule has 0 aliphatic carbocycles. The molecule has 0 bridgehead atoms. The second-order valence-corrected chi connectivity index (χ2v) is 4.54. The highest BCUT2D eigenvalue weighted by Crippen LogP contribution is 2.12. The van der Waals surface area contributed by atoms with Gasteiger partial charge in [0.2, 0.25) is 6.29 Å². The van der Waals surface area contributed by atoms with Gasteiger partial charge >= 0.3 is 5.97 Å². The summed E-state index contributed by atoms with van der Waals surface area (Å²) in [5.74, 6) is -0.296. The van der Waals surface area contributed by atoms with Gasteiger partial charge < -0.3 is 14.2 Å². The molecule has 0 heterocycles. The van der Waals surface area contributed by atoms with Crippen molar-refractivity contribution in [3.05, 3.63) is 0 Å². The third-order valence-electron chi connectivity index (χ3n) is 2.89. The van der Waals surface area contributed by atoms with Crippen LogP contribution in [0.5, 0.6) is 0 Å². The molecule has 0 aromatic rings. The van der Waals surface area contributed by atoms with E-state index in [2.05, 4.69) is 9.47 Å². The Morgan fingerprint density at radius 3 is 2.48 bits per heavy atom. The molecule has 2 atom stereocenters. The largest absolute Gasteiger partial charge is 0.468 e. The van der Waals surface area contributed by atoms with Crippen LogP contribution in [0.4, 0.5) is 0 Å². The molecule has 7 nitrogen and oxygen atoms in total. The van der Waals surface area contributed by atoms with E-state index in [9.17, 15) is 19.5 Å². The molecule has 0 N–H and O–H groups in total. The van der Waals surface area contributed by atoms with Gasteiger partial charge in [0, 0.05) is 12.8 Å². The molecule has 0 aromatic heterocycles. The van der Waals surface area contributed by atoms with E-state index in [1.807, 2.05) is 6.92 Å². The average Bonchev–Trinajstić information content (AvgIpc) is 2.46. The standard InChI is InChI=1S/C14H23O7/c1-2-12(6-5-8-13(17)20-11-16)21-14(18)7-3-4-9-19-10-15/h10-13H,2-9H2,1H3. The lowest BCUT2D eigenvalue weighted by Gasteiger charge is -2.16. The first-order valence-electron chi connectivity index (χ1n) is 7.13. The highest BCUT2D eigenvalue weighted by Gasteiger charge is 2.14. The van der Waals surface area contributed by atoms with Crippen molar-refractivity contribution >= 4 is 18.9 Å². The third-order valence-corrected chi connectivity index (χ3v) is 2.89. The maximum Gasteiger partial charge on any atom is 0.306 e. The molecule has 0 fully saturated rings. The van der Waals surface area contributed by atoms with Crippen molar-refractivity contribution in [3.63, 3.8) is 0 Å². The van der Waals surface area contributed by atoms with Crippen LogP contribution < -0.4 is 0 Å². The topological polar surface area (TPSA) is 98.8 Å². The smallest absolute Gasteiger partial charge is 0.306 e. The predicted molar refractivity (Wildman–Crippen MR) is 71.5 cm³/mol. The molecule has 121 valence electrons. The average molecular weight is 303 g/mol. The fourth-order valence-electron chi connectivity index (χ4n) is 1.74. The molecule has 2 unspecified atom stereocenters. The van der Waals surface area contributed by atoms with Crippen molar-refractivity contribution < 1.29 is 33.7 Å². The van der Waals surface area contributed by atoms with E-state index in [1.165, 1.54) is 0 Å². The van der Waals surface area contributed by atoms with Gasteiger partial charge in [0.25, 0.3) is 12.9 Å². The lowest BCUT2D eigenvalue weighted by molar-refractivity contribution is -0.165. The van der Waals surface area contributed by atoms with Gasteiger partial charge in [-0.25, -0.2) is 0 Å². The Morgan fingerprint density at radius 1 is 1.10 bits per heavy atom. The first-order chi connectivity index (χ1) is 10.1. The Labute approximate surface area is 124 Å². The summed E-state index contributed by atoms with van der Waals surface area (Å²) < 4.78 is 14.0. The van der Waals surface area contributed by atoms with Crippen molar-refractivity contribution in [2.24, 2.45) is 0 Å². The number of esters is 1. The zero-order valence-corrected chi connectivity index (χ0v) is 12.3. The van der Waals surface area contributed by atoms with Gasteiger partial charge in [-0.05, 0) is 32.1 Å². The Bertz CT molecular complexity index is 293. The summed E-state index contributed by atoms with van der Waals surface area (Å²) >= 11 is 0. The Morgan fingerprint density at radius 2 is 1.86 bits per heavy atom. The molecular formula is C14H23O7. The van der Waals surface area contributed by atoms with E-state index in [0.717, 1.165) is 0 Å². The summed E-state index contributed by atoms with van der Waals surface area (Å²) in [6.07, 6.45) is 1.87. The lowest BCUT2D eigenvalue weighted by atomic mass is 10.1. The van der Waals surface area contributed by atoms with Gasteiger partial charge in [-0.3, -0.25) is 14.4 Å². The number of ether oxygens (including phenoxy) is 3. The van der Waals surface area contributed by atoms with Crippen molar-refractivity contribution in [2.45, 2.75) is 64.3 Å². The Kier molecular flexibility index (Phi) is 12.3. The van der Waals surface area contributed by atoms with Crippen LogP contribution >= 0.6 is 0 Å². The van der Waals surface area contributed by atoms with Gasteiger partial charge in [-0.15, -0.1) is 0 Å². The number of rotatable bonds is 14. The quantitative estimate of drug-likeness (QED) is 0.159. The second kappa shape index (κ2) is 13.4. The molecule has 0 aliphatic rings. The zero-order chi connectivity index (χ0) is 15.9. The van der Waals surface area contributed by atoms with E-state index in [4.69, 9.17) is 4.74 Å². The Hall–Kier alpha value is -1.63. The van der Waals surface area contributed by atoms with Gasteiger partial charge in [0.15, 0.2) is 0 Å². The van der Waals surface area contributed by atoms with E-state index >= 15 is 0 Å². The van der Waals surface area contributed by atoms with Crippen molar-refractivity contribution in [1.82, 2.24) is 0 Å². The van der Waals surface area contributed by atoms with E-state index in [1.54, 1.807) is 0 Å². The normalized spacial score (nSPS) is 13.0. The predicted octanol–water partition coefficient (Wildman–Crippen LogP) is 1.75. The summed E-state index contributed by atoms with van der Waals surface area (Å²) in [6, 6.07) is 0. The number of hydrogen-bond acceptors (Lipinski definition) is 6. The summed E-state index contributed by atoms with van der Waals surface area (Å²) in [6.45, 7) is 2.72. The molecule has 21 heavy (non-hydrogen) atoms. The minimum absolute atomic E-state index is 0.142. The van der Waals surface area contributed by atoms with Crippen LogP contribution in [-0.2, 0) is 33.7 Å². The molecular weight excluding hydrogens is 280 g/mol. The third kappa shape index (κ3) is 11.9. The molecule has 0 amide bonds. The minimum Gasteiger partial charge on any atom is -0.468 e. The summed E-state index contributed by atoms with van der Waals surface area (Å²) in [5, 5.41) is 11.0. The van der Waals surface area contributed by atoms with Crippen LogP contribution in [-0.4, -0.2) is 37.9 Å². The van der Waals surface area contributed by atoms with Crippen molar-refractivity contribution in [2.75, 3.05) is 6.61 Å². The van der Waals surface area contributed by atoms with Crippen molar-refractivity contribution in [1.29, 1.82) is 0 Å².